The zero-order valence-electron chi connectivity index (χ0n) is 26.5. The Bertz CT molecular complexity index is 1500. The molecule has 44 heavy (non-hydrogen) atoms. The first-order chi connectivity index (χ1) is 19.9. The van der Waals surface area contributed by atoms with Crippen LogP contribution in [0.4, 0.5) is 0 Å². The number of halogens is 2. The first kappa shape index (κ1) is 39.4. The molecule has 230 valence electrons. The smallest absolute Gasteiger partial charge is 1.00 e. The molecule has 6 rings (SSSR count). The van der Waals surface area contributed by atoms with Crippen LogP contribution in [0, 0.1) is 25.7 Å². The van der Waals surface area contributed by atoms with Gasteiger partial charge in [0.15, 0.2) is 0 Å². The van der Waals surface area contributed by atoms with Crippen molar-refractivity contribution in [2.45, 2.75) is 47.0 Å². The van der Waals surface area contributed by atoms with Crippen molar-refractivity contribution in [2.75, 3.05) is 0 Å². The van der Waals surface area contributed by atoms with Crippen LogP contribution in [-0.2, 0) is 34.6 Å². The molecule has 0 radical (unpaired) electrons. The minimum Gasteiger partial charge on any atom is -1.00 e. The van der Waals surface area contributed by atoms with Crippen LogP contribution in [0.25, 0.3) is 43.8 Å². The molecule has 0 atom stereocenters. The number of hydrogen-bond donors (Lipinski definition) is 0. The molecule has 0 aliphatic carbocycles. The summed E-state index contributed by atoms with van der Waals surface area (Å²) in [5.41, 5.74) is 8.19. The Labute approximate surface area is 293 Å². The van der Waals surface area contributed by atoms with Gasteiger partial charge in [-0.05, 0) is 35.8 Å². The molecule has 0 spiro atoms. The van der Waals surface area contributed by atoms with Crippen molar-refractivity contribution in [2.24, 2.45) is 11.8 Å². The molecule has 0 aliphatic heterocycles. The molecule has 0 heterocycles. The molecule has 6 aromatic rings. The van der Waals surface area contributed by atoms with Crippen LogP contribution in [0.15, 0.2) is 121 Å². The van der Waals surface area contributed by atoms with Crippen molar-refractivity contribution in [1.82, 2.24) is 0 Å². The molecule has 0 saturated heterocycles. The number of hydrogen-bond acceptors (Lipinski definition) is 0. The first-order valence-electron chi connectivity index (χ1n) is 15.0. The Morgan fingerprint density at radius 3 is 1.18 bits per heavy atom. The fraction of sp³-hybridized carbons (Fsp3) is 0.220. The Balaban J connectivity index is 0.000000380. The summed E-state index contributed by atoms with van der Waals surface area (Å²) in [6, 6.07) is 43.9. The van der Waals surface area contributed by atoms with Gasteiger partial charge in [0.1, 0.15) is 0 Å². The molecule has 0 nitrogen and oxygen atoms in total. The van der Waals surface area contributed by atoms with Crippen LogP contribution in [0.1, 0.15) is 45.2 Å². The number of rotatable bonds is 6. The van der Waals surface area contributed by atoms with E-state index in [4.69, 9.17) is 0 Å². The van der Waals surface area contributed by atoms with Crippen molar-refractivity contribution in [1.29, 1.82) is 0 Å². The van der Waals surface area contributed by atoms with Gasteiger partial charge in [0, 0.05) is 0 Å². The zero-order valence-corrected chi connectivity index (χ0v) is 29.6. The van der Waals surface area contributed by atoms with Gasteiger partial charge < -0.3 is 45.1 Å². The summed E-state index contributed by atoms with van der Waals surface area (Å²) in [7, 11) is 0. The van der Waals surface area contributed by atoms with Crippen molar-refractivity contribution in [3.8, 4) is 22.3 Å². The van der Waals surface area contributed by atoms with Gasteiger partial charge in [-0.2, -0.15) is 12.1 Å². The van der Waals surface area contributed by atoms with Gasteiger partial charge in [0.25, 0.3) is 0 Å². The van der Waals surface area contributed by atoms with Crippen molar-refractivity contribution >= 4 is 21.5 Å². The Hall–Kier alpha value is -2.61. The van der Waals surface area contributed by atoms with E-state index in [-0.39, 0.29) is 46.5 Å². The second-order valence-electron chi connectivity index (χ2n) is 11.6. The standard InChI is InChI=1S/2C19H19.C3H6.2ClH.Ti/c2*1-14(2)11-15-12-17-9-6-10-18(19(17)13-15)16-7-4-3-5-8-16;1-3-2;;;/h2*3-10,12-14H,11H2,1-2H3;1-3H2;2*1H;/q2*-1;-2;;;+2/p-2. The van der Waals surface area contributed by atoms with Gasteiger partial charge in [-0.15, -0.1) is 69.1 Å². The predicted octanol–water partition coefficient (Wildman–Crippen LogP) is 5.90. The third-order valence-corrected chi connectivity index (χ3v) is 7.08. The molecule has 3 heteroatoms. The van der Waals surface area contributed by atoms with Crippen molar-refractivity contribution in [3.63, 3.8) is 0 Å². The van der Waals surface area contributed by atoms with Crippen molar-refractivity contribution < 1.29 is 46.5 Å². The molecular formula is C41H44Cl2Ti-4. The molecule has 0 fully saturated rings. The molecule has 0 N–H and O–H groups in total. The van der Waals surface area contributed by atoms with E-state index in [1.54, 1.807) is 0 Å². The van der Waals surface area contributed by atoms with Crippen LogP contribution < -0.4 is 24.8 Å². The van der Waals surface area contributed by atoms with Crippen LogP contribution in [0.5, 0.6) is 0 Å². The summed E-state index contributed by atoms with van der Waals surface area (Å²) in [6.45, 7) is 15.8. The first-order valence-corrected chi connectivity index (χ1v) is 15.0. The molecular weight excluding hydrogens is 611 g/mol. The second kappa shape index (κ2) is 19.7. The van der Waals surface area contributed by atoms with E-state index in [2.05, 4.69) is 163 Å². The topological polar surface area (TPSA) is 0 Å². The number of benzene rings is 4. The average molecular weight is 656 g/mol. The van der Waals surface area contributed by atoms with Gasteiger partial charge in [-0.25, -0.2) is 0 Å². The average Bonchev–Trinajstić information content (AvgIpc) is 3.56. The SMILES string of the molecule is CC(C)Cc1cc2c(-c3ccccc3)cccc2[cH-]1.CC(C)Cc1cc2c(-c3ccccc3)cccc2[cH-]1.[CH2-]C[CH2-].[Cl-].[Cl-].[Ti+2]. The summed E-state index contributed by atoms with van der Waals surface area (Å²) in [5.74, 6) is 1.41. The summed E-state index contributed by atoms with van der Waals surface area (Å²) in [6.07, 6.45) is 3.06. The summed E-state index contributed by atoms with van der Waals surface area (Å²) < 4.78 is 0. The minimum atomic E-state index is 0. The Morgan fingerprint density at radius 2 is 0.864 bits per heavy atom. The van der Waals surface area contributed by atoms with Crippen molar-refractivity contribution in [3.05, 3.63) is 146 Å². The van der Waals surface area contributed by atoms with Crippen LogP contribution in [0.2, 0.25) is 0 Å². The van der Waals surface area contributed by atoms with Gasteiger partial charge in [-0.1, -0.05) is 112 Å². The number of fused-ring (bicyclic) bond motifs is 2. The van der Waals surface area contributed by atoms with Crippen LogP contribution >= 0.6 is 0 Å². The van der Waals surface area contributed by atoms with E-state index in [0.717, 1.165) is 19.3 Å². The van der Waals surface area contributed by atoms with E-state index in [0.29, 0.717) is 11.8 Å². The fourth-order valence-electron chi connectivity index (χ4n) is 5.51. The third kappa shape index (κ3) is 10.8. The minimum absolute atomic E-state index is 0. The van der Waals surface area contributed by atoms with Crippen LogP contribution in [-0.4, -0.2) is 0 Å². The maximum atomic E-state index is 3.38. The maximum Gasteiger partial charge on any atom is 2.00 e. The predicted molar refractivity (Wildman–Crippen MR) is 182 cm³/mol. The van der Waals surface area contributed by atoms with Gasteiger partial charge >= 0.3 is 21.7 Å². The largest absolute Gasteiger partial charge is 2.00 e. The Kier molecular flexibility index (Phi) is 17.7. The normalized spacial score (nSPS) is 10.2. The Morgan fingerprint density at radius 1 is 0.523 bits per heavy atom. The summed E-state index contributed by atoms with van der Waals surface area (Å²) in [5, 5.41) is 5.47. The van der Waals surface area contributed by atoms with E-state index in [1.807, 2.05) is 0 Å². The second-order valence-corrected chi connectivity index (χ2v) is 11.6. The molecule has 0 unspecified atom stereocenters. The van der Waals surface area contributed by atoms with E-state index in [9.17, 15) is 0 Å². The van der Waals surface area contributed by atoms with Gasteiger partial charge in [0.05, 0.1) is 0 Å². The molecule has 6 aromatic carbocycles. The molecule has 0 aromatic heterocycles. The van der Waals surface area contributed by atoms with Gasteiger partial charge in [-0.3, -0.25) is 0 Å². The fourth-order valence-corrected chi connectivity index (χ4v) is 5.51. The third-order valence-electron chi connectivity index (χ3n) is 7.08. The molecule has 0 bridgehead atoms. The zero-order chi connectivity index (χ0) is 29.2. The molecule has 0 aliphatic rings. The quantitative estimate of drug-likeness (QED) is 0.155. The summed E-state index contributed by atoms with van der Waals surface area (Å²) in [4.78, 5) is 0. The van der Waals surface area contributed by atoms with E-state index < -0.39 is 0 Å². The van der Waals surface area contributed by atoms with E-state index >= 15 is 0 Å². The molecule has 0 amide bonds. The molecule has 0 saturated carbocycles. The van der Waals surface area contributed by atoms with E-state index in [1.165, 1.54) is 54.9 Å². The monoisotopic (exact) mass is 654 g/mol. The van der Waals surface area contributed by atoms with Gasteiger partial charge in [0.2, 0.25) is 0 Å². The van der Waals surface area contributed by atoms with Crippen LogP contribution in [0.3, 0.4) is 0 Å². The maximum absolute atomic E-state index is 3.38. The summed E-state index contributed by atoms with van der Waals surface area (Å²) >= 11 is 0.